The van der Waals surface area contributed by atoms with Crippen LogP contribution in [0.15, 0.2) is 71.3 Å². The van der Waals surface area contributed by atoms with E-state index >= 15 is 0 Å². The standard InChI is InChI=1S/C30H38N4O6/c1-20(2)18-24(34-30(38)39)28(37)32-23(16-15-22-12-7-4-8-13-22)26(35)29-33-25(19-40-29)27(36)31-17-9-14-21-10-5-3-6-11-21/h3-8,10-13,19-20,23-24,26,34-35H,9,14-18H2,1-2H3,(H,31,36)(H,32,37)(H,38,39). The molecule has 0 saturated carbocycles. The molecule has 1 heterocycles. The van der Waals surface area contributed by atoms with Crippen LogP contribution in [-0.4, -0.2) is 51.7 Å². The Hall–Kier alpha value is -4.18. The van der Waals surface area contributed by atoms with Gasteiger partial charge in [0.05, 0.1) is 6.04 Å². The van der Waals surface area contributed by atoms with Crippen LogP contribution in [0, 0.1) is 5.92 Å². The van der Waals surface area contributed by atoms with Gasteiger partial charge in [-0.25, -0.2) is 9.78 Å². The highest BCUT2D eigenvalue weighted by atomic mass is 16.4. The molecule has 0 fully saturated rings. The van der Waals surface area contributed by atoms with E-state index in [0.717, 1.165) is 18.4 Å². The van der Waals surface area contributed by atoms with Gasteiger partial charge in [-0.05, 0) is 49.1 Å². The van der Waals surface area contributed by atoms with Gasteiger partial charge < -0.3 is 30.6 Å². The van der Waals surface area contributed by atoms with Crippen molar-refractivity contribution in [1.29, 1.82) is 0 Å². The van der Waals surface area contributed by atoms with E-state index in [2.05, 4.69) is 20.9 Å². The third kappa shape index (κ3) is 9.85. The first-order valence-corrected chi connectivity index (χ1v) is 13.5. The van der Waals surface area contributed by atoms with Gasteiger partial charge in [0.15, 0.2) is 11.8 Å². The summed E-state index contributed by atoms with van der Waals surface area (Å²) in [5, 5.41) is 28.2. The Bertz CT molecular complexity index is 1220. The summed E-state index contributed by atoms with van der Waals surface area (Å²) in [4.78, 5) is 41.1. The number of aromatic nitrogens is 1. The topological polar surface area (TPSA) is 154 Å². The third-order valence-corrected chi connectivity index (χ3v) is 6.40. The van der Waals surface area contributed by atoms with Crippen LogP contribution in [0.2, 0.25) is 0 Å². The first-order valence-electron chi connectivity index (χ1n) is 13.5. The summed E-state index contributed by atoms with van der Waals surface area (Å²) in [7, 11) is 0. The molecule has 10 heteroatoms. The normalized spacial score (nSPS) is 13.3. The van der Waals surface area contributed by atoms with E-state index in [9.17, 15) is 24.6 Å². The molecule has 0 bridgehead atoms. The van der Waals surface area contributed by atoms with Gasteiger partial charge in [0, 0.05) is 6.54 Å². The first kappa shape index (κ1) is 30.4. The number of aliphatic hydroxyl groups excluding tert-OH is 1. The lowest BCUT2D eigenvalue weighted by molar-refractivity contribution is -0.125. The molecule has 10 nitrogen and oxygen atoms in total. The number of aryl methyl sites for hydroxylation is 2. The Kier molecular flexibility index (Phi) is 11.7. The van der Waals surface area contributed by atoms with Crippen molar-refractivity contribution in [3.8, 4) is 0 Å². The van der Waals surface area contributed by atoms with E-state index in [1.54, 1.807) is 0 Å². The Morgan fingerprint density at radius 2 is 1.55 bits per heavy atom. The van der Waals surface area contributed by atoms with E-state index in [0.29, 0.717) is 19.4 Å². The Morgan fingerprint density at radius 3 is 2.15 bits per heavy atom. The summed E-state index contributed by atoms with van der Waals surface area (Å²) in [6.45, 7) is 4.21. The highest BCUT2D eigenvalue weighted by Gasteiger charge is 2.31. The number of aliphatic hydroxyl groups is 1. The minimum absolute atomic E-state index is 0.0205. The second-order valence-electron chi connectivity index (χ2n) is 10.1. The molecule has 1 aromatic heterocycles. The number of nitrogens with one attached hydrogen (secondary N) is 3. The summed E-state index contributed by atoms with van der Waals surface area (Å²) in [6, 6.07) is 17.7. The van der Waals surface area contributed by atoms with E-state index in [1.165, 1.54) is 11.8 Å². The molecule has 3 rings (SSSR count). The molecule has 3 aromatic rings. The maximum atomic E-state index is 13.1. The predicted octanol–water partition coefficient (Wildman–Crippen LogP) is 3.87. The number of benzene rings is 2. The minimum atomic E-state index is -1.36. The number of carbonyl (C=O) groups excluding carboxylic acids is 2. The number of amides is 3. The van der Waals surface area contributed by atoms with Crippen molar-refractivity contribution in [3.05, 3.63) is 89.6 Å². The number of hydrogen-bond acceptors (Lipinski definition) is 6. The van der Waals surface area contributed by atoms with E-state index in [-0.39, 0.29) is 23.9 Å². The smallest absolute Gasteiger partial charge is 0.405 e. The zero-order valence-electron chi connectivity index (χ0n) is 22.9. The third-order valence-electron chi connectivity index (χ3n) is 6.40. The lowest BCUT2D eigenvalue weighted by Crippen LogP contribution is -2.51. The average molecular weight is 551 g/mol. The van der Waals surface area contributed by atoms with Crippen molar-refractivity contribution in [2.24, 2.45) is 5.92 Å². The second kappa shape index (κ2) is 15.4. The van der Waals surface area contributed by atoms with Crippen LogP contribution in [0.5, 0.6) is 0 Å². The Morgan fingerprint density at radius 1 is 0.925 bits per heavy atom. The molecule has 214 valence electrons. The van der Waals surface area contributed by atoms with Gasteiger partial charge >= 0.3 is 6.09 Å². The zero-order valence-corrected chi connectivity index (χ0v) is 22.9. The van der Waals surface area contributed by atoms with Crippen molar-refractivity contribution >= 4 is 17.9 Å². The summed E-state index contributed by atoms with van der Waals surface area (Å²) >= 11 is 0. The largest absolute Gasteiger partial charge is 0.465 e. The fraction of sp³-hybridized carbons (Fsp3) is 0.400. The highest BCUT2D eigenvalue weighted by molar-refractivity contribution is 5.91. The molecule has 3 amide bonds. The summed E-state index contributed by atoms with van der Waals surface area (Å²) in [6.07, 6.45) is 1.20. The van der Waals surface area contributed by atoms with Crippen LogP contribution < -0.4 is 16.0 Å². The van der Waals surface area contributed by atoms with Gasteiger partial charge in [-0.1, -0.05) is 74.5 Å². The monoisotopic (exact) mass is 550 g/mol. The average Bonchev–Trinajstić information content (AvgIpc) is 3.44. The highest BCUT2D eigenvalue weighted by Crippen LogP contribution is 2.21. The molecule has 0 spiro atoms. The molecular weight excluding hydrogens is 512 g/mol. The molecule has 0 aliphatic rings. The van der Waals surface area contributed by atoms with E-state index in [4.69, 9.17) is 4.42 Å². The summed E-state index contributed by atoms with van der Waals surface area (Å²) < 4.78 is 5.44. The van der Waals surface area contributed by atoms with Crippen LogP contribution in [0.25, 0.3) is 0 Å². The molecule has 5 N–H and O–H groups in total. The predicted molar refractivity (Wildman–Crippen MR) is 150 cm³/mol. The van der Waals surface area contributed by atoms with Crippen molar-refractivity contribution in [1.82, 2.24) is 20.9 Å². The van der Waals surface area contributed by atoms with Crippen molar-refractivity contribution in [2.75, 3.05) is 6.54 Å². The lowest BCUT2D eigenvalue weighted by Gasteiger charge is -2.26. The van der Waals surface area contributed by atoms with Crippen LogP contribution in [0.4, 0.5) is 4.79 Å². The quantitative estimate of drug-likeness (QED) is 0.180. The lowest BCUT2D eigenvalue weighted by atomic mass is 9.99. The number of nitrogens with zero attached hydrogens (tertiary/aromatic N) is 1. The fourth-order valence-electron chi connectivity index (χ4n) is 4.34. The fourth-order valence-corrected chi connectivity index (χ4v) is 4.34. The molecule has 0 aliphatic carbocycles. The van der Waals surface area contributed by atoms with Crippen molar-refractivity contribution in [3.63, 3.8) is 0 Å². The number of oxazole rings is 1. The molecule has 0 radical (unpaired) electrons. The van der Waals surface area contributed by atoms with Gasteiger partial charge in [0.1, 0.15) is 12.3 Å². The van der Waals surface area contributed by atoms with Crippen LogP contribution >= 0.6 is 0 Å². The van der Waals surface area contributed by atoms with E-state index in [1.807, 2.05) is 74.5 Å². The van der Waals surface area contributed by atoms with Gasteiger partial charge in [-0.3, -0.25) is 9.59 Å². The van der Waals surface area contributed by atoms with Crippen molar-refractivity contribution < 1.29 is 29.0 Å². The molecule has 3 unspecified atom stereocenters. The minimum Gasteiger partial charge on any atom is -0.465 e. The Balaban J connectivity index is 1.66. The summed E-state index contributed by atoms with van der Waals surface area (Å²) in [5.74, 6) is -1.05. The van der Waals surface area contributed by atoms with E-state index < -0.39 is 36.1 Å². The van der Waals surface area contributed by atoms with Crippen molar-refractivity contribution in [2.45, 2.75) is 64.1 Å². The molecule has 2 aromatic carbocycles. The molecule has 40 heavy (non-hydrogen) atoms. The number of carboxylic acid groups (broad SMARTS) is 1. The van der Waals surface area contributed by atoms with Crippen LogP contribution in [-0.2, 0) is 17.6 Å². The van der Waals surface area contributed by atoms with Gasteiger partial charge in [0.2, 0.25) is 11.8 Å². The maximum Gasteiger partial charge on any atom is 0.405 e. The first-order chi connectivity index (χ1) is 19.2. The second-order valence-corrected chi connectivity index (χ2v) is 10.1. The molecule has 0 aliphatic heterocycles. The van der Waals surface area contributed by atoms with Crippen LogP contribution in [0.3, 0.4) is 0 Å². The Labute approximate surface area is 234 Å². The summed E-state index contributed by atoms with van der Waals surface area (Å²) in [5.41, 5.74) is 2.20. The number of rotatable bonds is 15. The molecule has 3 atom stereocenters. The zero-order chi connectivity index (χ0) is 28.9. The van der Waals surface area contributed by atoms with Gasteiger partial charge in [-0.2, -0.15) is 0 Å². The molecule has 0 saturated heterocycles. The maximum absolute atomic E-state index is 13.1. The molecular formula is C30H38N4O6. The van der Waals surface area contributed by atoms with Gasteiger partial charge in [0.25, 0.3) is 5.91 Å². The SMILES string of the molecule is CC(C)CC(NC(=O)O)C(=O)NC(CCc1ccccc1)C(O)c1nc(C(=O)NCCCc2ccccc2)co1. The number of hydrogen-bond donors (Lipinski definition) is 5. The van der Waals surface area contributed by atoms with Gasteiger partial charge in [-0.15, -0.1) is 0 Å². The number of carbonyl (C=O) groups is 3. The van der Waals surface area contributed by atoms with Crippen LogP contribution in [0.1, 0.15) is 66.7 Å².